The van der Waals surface area contributed by atoms with E-state index in [1.165, 1.54) is 5.56 Å². The van der Waals surface area contributed by atoms with Gasteiger partial charge in [-0.3, -0.25) is 9.36 Å². The summed E-state index contributed by atoms with van der Waals surface area (Å²) < 4.78 is 1.79. The van der Waals surface area contributed by atoms with E-state index >= 15 is 0 Å². The molecule has 26 heavy (non-hydrogen) atoms. The first kappa shape index (κ1) is 17.8. The van der Waals surface area contributed by atoms with Gasteiger partial charge in [0.15, 0.2) is 0 Å². The SMILES string of the molecule is C[C@@H](NC(=O)c1ccc(-n2cnnc2)cc1)[C@H](c1ccccc1)N(C)C. The minimum absolute atomic E-state index is 0.0441. The van der Waals surface area contributed by atoms with Gasteiger partial charge in [-0.05, 0) is 50.8 Å². The smallest absolute Gasteiger partial charge is 0.251 e. The van der Waals surface area contributed by atoms with Gasteiger partial charge in [-0.1, -0.05) is 30.3 Å². The maximum Gasteiger partial charge on any atom is 0.251 e. The molecule has 6 heteroatoms. The largest absolute Gasteiger partial charge is 0.348 e. The summed E-state index contributed by atoms with van der Waals surface area (Å²) in [5.74, 6) is -0.0874. The number of aromatic nitrogens is 3. The minimum Gasteiger partial charge on any atom is -0.348 e. The average molecular weight is 349 g/mol. The molecular formula is C20H23N5O. The van der Waals surface area contributed by atoms with Crippen molar-refractivity contribution in [1.82, 2.24) is 25.0 Å². The quantitative estimate of drug-likeness (QED) is 0.743. The number of carbonyl (C=O) groups is 1. The molecule has 6 nitrogen and oxygen atoms in total. The summed E-state index contributed by atoms with van der Waals surface area (Å²) in [6.45, 7) is 2.03. The van der Waals surface area contributed by atoms with E-state index in [1.807, 2.05) is 63.5 Å². The number of nitrogens with zero attached hydrogens (tertiary/aromatic N) is 4. The van der Waals surface area contributed by atoms with Crippen LogP contribution in [0.2, 0.25) is 0 Å². The average Bonchev–Trinajstić information content (AvgIpc) is 3.17. The van der Waals surface area contributed by atoms with Crippen LogP contribution in [0, 0.1) is 0 Å². The van der Waals surface area contributed by atoms with Gasteiger partial charge in [-0.15, -0.1) is 10.2 Å². The minimum atomic E-state index is -0.0874. The van der Waals surface area contributed by atoms with Gasteiger partial charge in [0.1, 0.15) is 12.7 Å². The van der Waals surface area contributed by atoms with E-state index in [4.69, 9.17) is 0 Å². The second kappa shape index (κ2) is 7.93. The van der Waals surface area contributed by atoms with Crippen molar-refractivity contribution < 1.29 is 4.79 Å². The molecule has 1 heterocycles. The standard InChI is InChI=1S/C20H23N5O/c1-15(19(24(2)3)16-7-5-4-6-8-16)23-20(26)17-9-11-18(12-10-17)25-13-21-22-14-25/h4-15,19H,1-3H3,(H,23,26)/t15-,19-/m1/s1. The van der Waals surface area contributed by atoms with Crippen molar-refractivity contribution in [2.75, 3.05) is 14.1 Å². The molecule has 3 aromatic rings. The molecule has 2 aromatic carbocycles. The summed E-state index contributed by atoms with van der Waals surface area (Å²) >= 11 is 0. The molecule has 2 atom stereocenters. The molecule has 0 unspecified atom stereocenters. The normalized spacial score (nSPS) is 13.4. The van der Waals surface area contributed by atoms with Crippen molar-refractivity contribution in [3.05, 3.63) is 78.4 Å². The van der Waals surface area contributed by atoms with Crippen LogP contribution in [-0.2, 0) is 0 Å². The highest BCUT2D eigenvalue weighted by Gasteiger charge is 2.23. The highest BCUT2D eigenvalue weighted by Crippen LogP contribution is 2.22. The first-order valence-electron chi connectivity index (χ1n) is 8.53. The van der Waals surface area contributed by atoms with Gasteiger partial charge in [-0.2, -0.15) is 0 Å². The van der Waals surface area contributed by atoms with Crippen molar-refractivity contribution in [2.24, 2.45) is 0 Å². The number of hydrogen-bond acceptors (Lipinski definition) is 4. The van der Waals surface area contributed by atoms with Gasteiger partial charge < -0.3 is 10.2 Å². The molecule has 0 spiro atoms. The van der Waals surface area contributed by atoms with Crippen LogP contribution >= 0.6 is 0 Å². The van der Waals surface area contributed by atoms with Crippen LogP contribution in [0.3, 0.4) is 0 Å². The molecule has 0 bridgehead atoms. The highest BCUT2D eigenvalue weighted by molar-refractivity contribution is 5.94. The van der Waals surface area contributed by atoms with E-state index in [9.17, 15) is 4.79 Å². The van der Waals surface area contributed by atoms with Gasteiger partial charge in [-0.25, -0.2) is 0 Å². The van der Waals surface area contributed by atoms with Crippen molar-refractivity contribution in [3.8, 4) is 5.69 Å². The lowest BCUT2D eigenvalue weighted by molar-refractivity contribution is 0.0915. The van der Waals surface area contributed by atoms with Crippen LogP contribution in [-0.4, -0.2) is 45.7 Å². The van der Waals surface area contributed by atoms with Crippen LogP contribution in [0.5, 0.6) is 0 Å². The molecule has 0 radical (unpaired) electrons. The molecule has 1 amide bonds. The van der Waals surface area contributed by atoms with E-state index < -0.39 is 0 Å². The van der Waals surface area contributed by atoms with Crippen molar-refractivity contribution >= 4 is 5.91 Å². The number of nitrogens with one attached hydrogen (secondary N) is 1. The van der Waals surface area contributed by atoms with E-state index in [1.54, 1.807) is 17.2 Å². The molecular weight excluding hydrogens is 326 g/mol. The summed E-state index contributed by atoms with van der Waals surface area (Å²) in [6.07, 6.45) is 3.25. The lowest BCUT2D eigenvalue weighted by Crippen LogP contribution is -2.42. The Morgan fingerprint density at radius 3 is 2.19 bits per heavy atom. The molecule has 0 saturated carbocycles. The zero-order valence-corrected chi connectivity index (χ0v) is 15.2. The van der Waals surface area contributed by atoms with Crippen LogP contribution in [0.25, 0.3) is 5.69 Å². The molecule has 0 saturated heterocycles. The molecule has 0 aliphatic heterocycles. The Labute approximate surface area is 153 Å². The number of benzene rings is 2. The third kappa shape index (κ3) is 3.97. The third-order valence-electron chi connectivity index (χ3n) is 4.38. The van der Waals surface area contributed by atoms with Crippen LogP contribution in [0.4, 0.5) is 0 Å². The van der Waals surface area contributed by atoms with E-state index in [2.05, 4.69) is 32.5 Å². The monoisotopic (exact) mass is 349 g/mol. The lowest BCUT2D eigenvalue weighted by Gasteiger charge is -2.31. The summed E-state index contributed by atoms with van der Waals surface area (Å²) in [7, 11) is 4.04. The first-order chi connectivity index (χ1) is 12.6. The van der Waals surface area contributed by atoms with Crippen LogP contribution in [0.15, 0.2) is 67.3 Å². The summed E-state index contributed by atoms with van der Waals surface area (Å²) in [6, 6.07) is 17.6. The third-order valence-corrected chi connectivity index (χ3v) is 4.38. The predicted octanol–water partition coefficient (Wildman–Crippen LogP) is 2.69. The molecule has 134 valence electrons. The Morgan fingerprint density at radius 1 is 1.00 bits per heavy atom. The van der Waals surface area contributed by atoms with Gasteiger partial charge in [0.05, 0.1) is 6.04 Å². The van der Waals surface area contributed by atoms with Gasteiger partial charge in [0.25, 0.3) is 5.91 Å². The summed E-state index contributed by atoms with van der Waals surface area (Å²) in [5.41, 5.74) is 2.71. The first-order valence-corrected chi connectivity index (χ1v) is 8.53. The summed E-state index contributed by atoms with van der Waals surface area (Å²) in [5, 5.41) is 10.7. The van der Waals surface area contributed by atoms with Gasteiger partial charge in [0.2, 0.25) is 0 Å². The maximum atomic E-state index is 12.7. The number of carbonyl (C=O) groups excluding carboxylic acids is 1. The lowest BCUT2D eigenvalue weighted by atomic mass is 9.99. The number of hydrogen-bond donors (Lipinski definition) is 1. The maximum absolute atomic E-state index is 12.7. The van der Waals surface area contributed by atoms with Gasteiger partial charge in [0, 0.05) is 17.3 Å². The van der Waals surface area contributed by atoms with E-state index in [0.29, 0.717) is 5.56 Å². The molecule has 0 fully saturated rings. The second-order valence-electron chi connectivity index (χ2n) is 6.50. The number of amides is 1. The van der Waals surface area contributed by atoms with E-state index in [-0.39, 0.29) is 18.0 Å². The Balaban J connectivity index is 1.72. The fourth-order valence-corrected chi connectivity index (χ4v) is 3.17. The Morgan fingerprint density at radius 2 is 1.62 bits per heavy atom. The molecule has 1 aromatic heterocycles. The Hall–Kier alpha value is -2.99. The topological polar surface area (TPSA) is 63.1 Å². The zero-order chi connectivity index (χ0) is 18.5. The fraction of sp³-hybridized carbons (Fsp3) is 0.250. The van der Waals surface area contributed by atoms with Crippen molar-refractivity contribution in [2.45, 2.75) is 19.0 Å². The Bertz CT molecular complexity index is 828. The number of rotatable bonds is 6. The fourth-order valence-electron chi connectivity index (χ4n) is 3.17. The molecule has 0 aliphatic carbocycles. The van der Waals surface area contributed by atoms with Gasteiger partial charge >= 0.3 is 0 Å². The summed E-state index contributed by atoms with van der Waals surface area (Å²) in [4.78, 5) is 14.8. The molecule has 3 rings (SSSR count). The molecule has 0 aliphatic rings. The predicted molar refractivity (Wildman–Crippen MR) is 101 cm³/mol. The Kier molecular flexibility index (Phi) is 5.43. The van der Waals surface area contributed by atoms with Crippen molar-refractivity contribution in [1.29, 1.82) is 0 Å². The van der Waals surface area contributed by atoms with E-state index in [0.717, 1.165) is 5.69 Å². The second-order valence-corrected chi connectivity index (χ2v) is 6.50. The molecule has 1 N–H and O–H groups in total. The number of likely N-dealkylation sites (N-methyl/N-ethyl adjacent to an activating group) is 1. The zero-order valence-electron chi connectivity index (χ0n) is 15.2. The highest BCUT2D eigenvalue weighted by atomic mass is 16.1. The van der Waals surface area contributed by atoms with Crippen LogP contribution in [0.1, 0.15) is 28.9 Å². The van der Waals surface area contributed by atoms with Crippen molar-refractivity contribution in [3.63, 3.8) is 0 Å². The van der Waals surface area contributed by atoms with Crippen LogP contribution < -0.4 is 5.32 Å².